The third kappa shape index (κ3) is 6.38. The highest BCUT2D eigenvalue weighted by Gasteiger charge is 2.22. The fourth-order valence-electron chi connectivity index (χ4n) is 2.28. The van der Waals surface area contributed by atoms with Gasteiger partial charge in [0.2, 0.25) is 10.0 Å². The summed E-state index contributed by atoms with van der Waals surface area (Å²) in [6.07, 6.45) is 1.63. The smallest absolute Gasteiger partial charge is 0.244 e. The molecule has 2 rings (SSSR count). The topological polar surface area (TPSA) is 76.7 Å². The Kier molecular flexibility index (Phi) is 9.33. The SMILES string of the molecule is CNCCCNS(=O)(=O)c1cc(Cl)ccc1OCC1CCOC1.Cl. The third-order valence-electron chi connectivity index (χ3n) is 3.59. The van der Waals surface area contributed by atoms with Gasteiger partial charge in [0, 0.05) is 24.1 Å². The maximum absolute atomic E-state index is 12.5. The van der Waals surface area contributed by atoms with Crippen LogP contribution in [-0.2, 0) is 14.8 Å². The van der Waals surface area contributed by atoms with Crippen molar-refractivity contribution in [2.75, 3.05) is 40.0 Å². The predicted molar refractivity (Wildman–Crippen MR) is 96.9 cm³/mol. The van der Waals surface area contributed by atoms with Crippen LogP contribution in [0.1, 0.15) is 12.8 Å². The van der Waals surface area contributed by atoms with Gasteiger partial charge in [-0.05, 0) is 44.6 Å². The van der Waals surface area contributed by atoms with E-state index >= 15 is 0 Å². The molecule has 0 radical (unpaired) electrons. The van der Waals surface area contributed by atoms with E-state index in [4.69, 9.17) is 21.1 Å². The average Bonchev–Trinajstić information content (AvgIpc) is 3.04. The van der Waals surface area contributed by atoms with Crippen LogP contribution in [0, 0.1) is 5.92 Å². The molecule has 9 heteroatoms. The lowest BCUT2D eigenvalue weighted by Gasteiger charge is -2.15. The normalized spacial score (nSPS) is 17.5. The van der Waals surface area contributed by atoms with Crippen LogP contribution in [-0.4, -0.2) is 48.4 Å². The number of rotatable bonds is 9. The van der Waals surface area contributed by atoms with Gasteiger partial charge in [0.05, 0.1) is 13.2 Å². The third-order valence-corrected chi connectivity index (χ3v) is 5.31. The number of hydrogen-bond acceptors (Lipinski definition) is 5. The molecule has 138 valence electrons. The van der Waals surface area contributed by atoms with Crippen molar-refractivity contribution >= 4 is 34.0 Å². The number of halogens is 2. The van der Waals surface area contributed by atoms with Crippen molar-refractivity contribution < 1.29 is 17.9 Å². The Morgan fingerprint density at radius 3 is 2.83 bits per heavy atom. The molecular weight excluding hydrogens is 375 g/mol. The molecule has 0 saturated carbocycles. The monoisotopic (exact) mass is 398 g/mol. The van der Waals surface area contributed by atoms with E-state index in [9.17, 15) is 8.42 Å². The molecule has 1 aromatic rings. The standard InChI is InChI=1S/C15H23ClN2O4S.ClH/c1-17-6-2-7-18-23(19,20)15-9-13(16)3-4-14(15)22-11-12-5-8-21-10-12;/h3-4,9,12,17-18H,2,5-8,10-11H2,1H3;1H. The fourth-order valence-corrected chi connectivity index (χ4v) is 3.76. The summed E-state index contributed by atoms with van der Waals surface area (Å²) in [5, 5.41) is 3.33. The summed E-state index contributed by atoms with van der Waals surface area (Å²) >= 11 is 5.96. The van der Waals surface area contributed by atoms with Gasteiger partial charge in [-0.25, -0.2) is 13.1 Å². The second kappa shape index (κ2) is 10.4. The molecule has 1 heterocycles. The molecule has 1 unspecified atom stereocenters. The van der Waals surface area contributed by atoms with E-state index in [-0.39, 0.29) is 17.3 Å². The van der Waals surface area contributed by atoms with Crippen LogP contribution in [0.4, 0.5) is 0 Å². The number of ether oxygens (including phenoxy) is 2. The molecule has 1 aromatic carbocycles. The summed E-state index contributed by atoms with van der Waals surface area (Å²) in [7, 11) is -1.83. The van der Waals surface area contributed by atoms with Crippen LogP contribution in [0.25, 0.3) is 0 Å². The zero-order valence-electron chi connectivity index (χ0n) is 13.6. The van der Waals surface area contributed by atoms with Gasteiger partial charge in [0.25, 0.3) is 0 Å². The summed E-state index contributed by atoms with van der Waals surface area (Å²) < 4.78 is 38.5. The van der Waals surface area contributed by atoms with Crippen molar-refractivity contribution in [3.63, 3.8) is 0 Å². The van der Waals surface area contributed by atoms with E-state index in [1.54, 1.807) is 12.1 Å². The van der Waals surface area contributed by atoms with Gasteiger partial charge in [-0.1, -0.05) is 11.6 Å². The van der Waals surface area contributed by atoms with Crippen molar-refractivity contribution in [1.82, 2.24) is 10.0 Å². The van der Waals surface area contributed by atoms with Gasteiger partial charge in [0.15, 0.2) is 0 Å². The van der Waals surface area contributed by atoms with Crippen LogP contribution in [0.2, 0.25) is 5.02 Å². The molecular formula is C15H24Cl2N2O4S. The second-order valence-electron chi connectivity index (χ2n) is 5.49. The highest BCUT2D eigenvalue weighted by atomic mass is 35.5. The Morgan fingerprint density at radius 2 is 2.17 bits per heavy atom. The fraction of sp³-hybridized carbons (Fsp3) is 0.600. The van der Waals surface area contributed by atoms with E-state index in [1.165, 1.54) is 6.07 Å². The number of sulfonamides is 1. The number of hydrogen-bond donors (Lipinski definition) is 2. The predicted octanol–water partition coefficient (Wildman–Crippen LogP) is 2.06. The first-order valence-electron chi connectivity index (χ1n) is 7.67. The summed E-state index contributed by atoms with van der Waals surface area (Å²) in [5.74, 6) is 0.618. The van der Waals surface area contributed by atoms with E-state index < -0.39 is 10.0 Å². The lowest BCUT2D eigenvalue weighted by Crippen LogP contribution is -2.27. The number of benzene rings is 1. The Hall–Kier alpha value is -0.570. The van der Waals surface area contributed by atoms with Crippen LogP contribution in [0.5, 0.6) is 5.75 Å². The molecule has 24 heavy (non-hydrogen) atoms. The zero-order valence-corrected chi connectivity index (χ0v) is 16.0. The van der Waals surface area contributed by atoms with Gasteiger partial charge in [-0.2, -0.15) is 0 Å². The zero-order chi connectivity index (χ0) is 16.7. The first kappa shape index (κ1) is 21.5. The Balaban J connectivity index is 0.00000288. The molecule has 0 aromatic heterocycles. The minimum absolute atomic E-state index is 0. The van der Waals surface area contributed by atoms with Crippen molar-refractivity contribution in [1.29, 1.82) is 0 Å². The first-order valence-corrected chi connectivity index (χ1v) is 9.53. The summed E-state index contributed by atoms with van der Waals surface area (Å²) in [4.78, 5) is 0.0772. The largest absolute Gasteiger partial charge is 0.492 e. The van der Waals surface area contributed by atoms with Gasteiger partial charge in [-0.3, -0.25) is 0 Å². The molecule has 0 spiro atoms. The minimum Gasteiger partial charge on any atom is -0.492 e. The van der Waals surface area contributed by atoms with Crippen molar-refractivity contribution in [3.8, 4) is 5.75 Å². The number of nitrogens with one attached hydrogen (secondary N) is 2. The minimum atomic E-state index is -3.66. The lowest BCUT2D eigenvalue weighted by molar-refractivity contribution is 0.166. The molecule has 2 N–H and O–H groups in total. The highest BCUT2D eigenvalue weighted by molar-refractivity contribution is 7.89. The first-order chi connectivity index (χ1) is 11.0. The van der Waals surface area contributed by atoms with Crippen molar-refractivity contribution in [2.45, 2.75) is 17.7 Å². The molecule has 6 nitrogen and oxygen atoms in total. The van der Waals surface area contributed by atoms with E-state index in [1.807, 2.05) is 7.05 Å². The quantitative estimate of drug-likeness (QED) is 0.622. The maximum Gasteiger partial charge on any atom is 0.244 e. The molecule has 0 aliphatic carbocycles. The van der Waals surface area contributed by atoms with E-state index in [0.29, 0.717) is 42.9 Å². The van der Waals surface area contributed by atoms with Crippen LogP contribution in [0.15, 0.2) is 23.1 Å². The lowest BCUT2D eigenvalue weighted by atomic mass is 10.1. The Morgan fingerprint density at radius 1 is 1.38 bits per heavy atom. The summed E-state index contributed by atoms with van der Waals surface area (Å²) in [6, 6.07) is 4.64. The van der Waals surface area contributed by atoms with E-state index in [0.717, 1.165) is 19.6 Å². The maximum atomic E-state index is 12.5. The van der Waals surface area contributed by atoms with Gasteiger partial charge in [-0.15, -0.1) is 12.4 Å². The molecule has 0 amide bonds. The summed E-state index contributed by atoms with van der Waals surface area (Å²) in [6.45, 7) is 2.91. The molecule has 1 atom stereocenters. The Labute approximate surface area is 154 Å². The molecule has 1 fully saturated rings. The van der Waals surface area contributed by atoms with Crippen LogP contribution in [0.3, 0.4) is 0 Å². The Bertz CT molecular complexity index is 607. The van der Waals surface area contributed by atoms with Crippen LogP contribution < -0.4 is 14.8 Å². The molecule has 0 bridgehead atoms. The van der Waals surface area contributed by atoms with Crippen molar-refractivity contribution in [2.24, 2.45) is 5.92 Å². The second-order valence-corrected chi connectivity index (χ2v) is 7.66. The molecule has 1 saturated heterocycles. The van der Waals surface area contributed by atoms with Crippen LogP contribution >= 0.6 is 24.0 Å². The summed E-state index contributed by atoms with van der Waals surface area (Å²) in [5.41, 5.74) is 0. The molecule has 1 aliphatic heterocycles. The van der Waals surface area contributed by atoms with Gasteiger partial charge < -0.3 is 14.8 Å². The molecule has 1 aliphatic rings. The van der Waals surface area contributed by atoms with E-state index in [2.05, 4.69) is 10.0 Å². The average molecular weight is 399 g/mol. The van der Waals surface area contributed by atoms with Gasteiger partial charge in [0.1, 0.15) is 10.6 Å². The van der Waals surface area contributed by atoms with Crippen molar-refractivity contribution in [3.05, 3.63) is 23.2 Å². The van der Waals surface area contributed by atoms with Gasteiger partial charge >= 0.3 is 0 Å². The highest BCUT2D eigenvalue weighted by Crippen LogP contribution is 2.28.